The summed E-state index contributed by atoms with van der Waals surface area (Å²) < 4.78 is 25.5. The molecule has 0 atom stereocenters. The maximum absolute atomic E-state index is 13.8. The summed E-state index contributed by atoms with van der Waals surface area (Å²) in [6, 6.07) is 10.4. The first-order valence-electron chi connectivity index (χ1n) is 11.9. The average Bonchev–Trinajstić information content (AvgIpc) is 3.30. The van der Waals surface area contributed by atoms with Gasteiger partial charge in [-0.1, -0.05) is 12.1 Å². The predicted octanol–water partition coefficient (Wildman–Crippen LogP) is 3.89. The Morgan fingerprint density at radius 3 is 2.31 bits per heavy atom. The van der Waals surface area contributed by atoms with Crippen molar-refractivity contribution in [3.05, 3.63) is 54.7 Å². The molecule has 4 aromatic rings. The number of halogens is 1. The van der Waals surface area contributed by atoms with Crippen LogP contribution in [0.3, 0.4) is 0 Å². The van der Waals surface area contributed by atoms with Crippen LogP contribution in [0.15, 0.2) is 53.3 Å². The van der Waals surface area contributed by atoms with Crippen molar-refractivity contribution in [2.45, 2.75) is 18.9 Å². The third kappa shape index (κ3) is 4.21. The second-order valence-electron chi connectivity index (χ2n) is 8.91. The van der Waals surface area contributed by atoms with Gasteiger partial charge in [0.15, 0.2) is 0 Å². The Morgan fingerprint density at radius 1 is 0.857 bits per heavy atom. The molecule has 2 aliphatic rings. The van der Waals surface area contributed by atoms with Crippen molar-refractivity contribution >= 4 is 22.7 Å². The molecular weight excluding hydrogens is 449 g/mol. The summed E-state index contributed by atoms with van der Waals surface area (Å²) in [6.45, 7) is 4.37. The van der Waals surface area contributed by atoms with E-state index < -0.39 is 0 Å². The van der Waals surface area contributed by atoms with Crippen molar-refractivity contribution < 1.29 is 18.7 Å². The van der Waals surface area contributed by atoms with Crippen LogP contribution in [0.5, 0.6) is 0 Å². The molecule has 5 heterocycles. The number of ether oxygens (including phenoxy) is 1. The smallest absolute Gasteiger partial charge is 0.232 e. The summed E-state index contributed by atoms with van der Waals surface area (Å²) in [5.74, 6) is 1.96. The molecule has 2 aliphatic heterocycles. The standard InChI is InChI=1S/C26H26FN5O3/c27-19-4-1-17(2-5-19)22-23-25(32-9-7-20(33)8-10-32)29-16-30-26(23)35-24(22)18-3-6-21(28-15-18)31-11-13-34-14-12-31/h1-6,15-16,20,33H,7-14H2. The Bertz CT molecular complexity index is 1310. The molecule has 8 nitrogen and oxygen atoms in total. The maximum atomic E-state index is 13.8. The second-order valence-corrected chi connectivity index (χ2v) is 8.91. The summed E-state index contributed by atoms with van der Waals surface area (Å²) in [7, 11) is 0. The number of hydrogen-bond donors (Lipinski definition) is 1. The van der Waals surface area contributed by atoms with Gasteiger partial charge in [0, 0.05) is 43.5 Å². The molecular formula is C26H26FN5O3. The Kier molecular flexibility index (Phi) is 5.79. The summed E-state index contributed by atoms with van der Waals surface area (Å²) in [5.41, 5.74) is 2.89. The van der Waals surface area contributed by atoms with Gasteiger partial charge in [-0.15, -0.1) is 0 Å². The fourth-order valence-corrected chi connectivity index (χ4v) is 4.83. The van der Waals surface area contributed by atoms with Gasteiger partial charge >= 0.3 is 0 Å². The number of aromatic nitrogens is 3. The Labute approximate surface area is 202 Å². The zero-order valence-electron chi connectivity index (χ0n) is 19.2. The molecule has 1 N–H and O–H groups in total. The molecule has 2 saturated heterocycles. The Hall–Kier alpha value is -3.56. The minimum absolute atomic E-state index is 0.295. The fourth-order valence-electron chi connectivity index (χ4n) is 4.83. The van der Waals surface area contributed by atoms with Crippen molar-refractivity contribution in [1.29, 1.82) is 0 Å². The zero-order valence-corrected chi connectivity index (χ0v) is 19.2. The highest BCUT2D eigenvalue weighted by Gasteiger charge is 2.27. The molecule has 0 spiro atoms. The number of morpholine rings is 1. The molecule has 0 aliphatic carbocycles. The van der Waals surface area contributed by atoms with Crippen LogP contribution in [0.1, 0.15) is 12.8 Å². The number of benzene rings is 1. The zero-order chi connectivity index (χ0) is 23.8. The molecule has 180 valence electrons. The number of pyridine rings is 1. The number of piperidine rings is 1. The summed E-state index contributed by atoms with van der Waals surface area (Å²) >= 11 is 0. The third-order valence-electron chi connectivity index (χ3n) is 6.71. The number of anilines is 2. The number of nitrogens with zero attached hydrogens (tertiary/aromatic N) is 5. The SMILES string of the molecule is OC1CCN(c2ncnc3oc(-c4ccc(N5CCOCC5)nc4)c(-c4ccc(F)cc4)c23)CC1. The highest BCUT2D eigenvalue weighted by molar-refractivity contribution is 6.06. The molecule has 6 rings (SSSR count). The minimum Gasteiger partial charge on any atom is -0.437 e. The fraction of sp³-hybridized carbons (Fsp3) is 0.346. The summed E-state index contributed by atoms with van der Waals surface area (Å²) in [4.78, 5) is 18.1. The normalized spacial score (nSPS) is 17.3. The number of fused-ring (bicyclic) bond motifs is 1. The van der Waals surface area contributed by atoms with Gasteiger partial charge in [-0.3, -0.25) is 0 Å². The van der Waals surface area contributed by atoms with Crippen LogP contribution >= 0.6 is 0 Å². The van der Waals surface area contributed by atoms with Gasteiger partial charge in [0.2, 0.25) is 5.71 Å². The van der Waals surface area contributed by atoms with E-state index in [1.807, 2.05) is 12.1 Å². The van der Waals surface area contributed by atoms with E-state index in [4.69, 9.17) is 14.1 Å². The first kappa shape index (κ1) is 21.9. The monoisotopic (exact) mass is 475 g/mol. The van der Waals surface area contributed by atoms with E-state index in [-0.39, 0.29) is 11.9 Å². The van der Waals surface area contributed by atoms with E-state index in [1.165, 1.54) is 18.5 Å². The second kappa shape index (κ2) is 9.24. The highest BCUT2D eigenvalue weighted by Crippen LogP contribution is 2.43. The molecule has 0 saturated carbocycles. The first-order valence-corrected chi connectivity index (χ1v) is 11.9. The predicted molar refractivity (Wildman–Crippen MR) is 131 cm³/mol. The first-order chi connectivity index (χ1) is 17.2. The van der Waals surface area contributed by atoms with Crippen molar-refractivity contribution in [3.63, 3.8) is 0 Å². The van der Waals surface area contributed by atoms with E-state index in [2.05, 4.69) is 19.8 Å². The molecule has 2 fully saturated rings. The number of hydrogen-bond acceptors (Lipinski definition) is 8. The van der Waals surface area contributed by atoms with Crippen LogP contribution in [0, 0.1) is 5.82 Å². The van der Waals surface area contributed by atoms with Crippen molar-refractivity contribution in [2.75, 3.05) is 49.2 Å². The molecule has 0 amide bonds. The summed E-state index contributed by atoms with van der Waals surface area (Å²) in [5, 5.41) is 10.8. The van der Waals surface area contributed by atoms with Gasteiger partial charge in [-0.05, 0) is 42.7 Å². The van der Waals surface area contributed by atoms with Crippen LogP contribution < -0.4 is 9.80 Å². The number of aliphatic hydroxyl groups is 1. The van der Waals surface area contributed by atoms with Gasteiger partial charge in [-0.25, -0.2) is 19.3 Å². The van der Waals surface area contributed by atoms with Crippen LogP contribution in [-0.2, 0) is 4.74 Å². The van der Waals surface area contributed by atoms with E-state index in [1.54, 1.807) is 18.3 Å². The number of rotatable bonds is 4. The quantitative estimate of drug-likeness (QED) is 0.476. The molecule has 0 radical (unpaired) electrons. The lowest BCUT2D eigenvalue weighted by Crippen LogP contribution is -2.36. The number of furan rings is 1. The largest absolute Gasteiger partial charge is 0.437 e. The molecule has 0 bridgehead atoms. The van der Waals surface area contributed by atoms with Gasteiger partial charge in [-0.2, -0.15) is 0 Å². The van der Waals surface area contributed by atoms with Gasteiger partial charge in [0.05, 0.1) is 24.7 Å². The van der Waals surface area contributed by atoms with Crippen molar-refractivity contribution in [3.8, 4) is 22.5 Å². The molecule has 1 aromatic carbocycles. The lowest BCUT2D eigenvalue weighted by Gasteiger charge is -2.30. The van der Waals surface area contributed by atoms with E-state index in [0.29, 0.717) is 50.6 Å². The molecule has 9 heteroatoms. The summed E-state index contributed by atoms with van der Waals surface area (Å²) in [6.07, 6.45) is 4.37. The average molecular weight is 476 g/mol. The Morgan fingerprint density at radius 2 is 1.60 bits per heavy atom. The topological polar surface area (TPSA) is 87.8 Å². The lowest BCUT2D eigenvalue weighted by molar-refractivity contribution is 0.122. The van der Waals surface area contributed by atoms with Gasteiger partial charge < -0.3 is 24.1 Å². The minimum atomic E-state index is -0.305. The van der Waals surface area contributed by atoms with Crippen LogP contribution in [0.2, 0.25) is 0 Å². The lowest BCUT2D eigenvalue weighted by atomic mass is 9.99. The molecule has 0 unspecified atom stereocenters. The van der Waals surface area contributed by atoms with E-state index in [9.17, 15) is 9.50 Å². The Balaban J connectivity index is 1.48. The van der Waals surface area contributed by atoms with Crippen LogP contribution in [0.25, 0.3) is 33.6 Å². The highest BCUT2D eigenvalue weighted by atomic mass is 19.1. The third-order valence-corrected chi connectivity index (χ3v) is 6.71. The van der Waals surface area contributed by atoms with Gasteiger partial charge in [0.1, 0.15) is 29.5 Å². The number of aliphatic hydroxyl groups excluding tert-OH is 1. The van der Waals surface area contributed by atoms with Crippen LogP contribution in [-0.4, -0.2) is 65.6 Å². The van der Waals surface area contributed by atoms with Crippen LogP contribution in [0.4, 0.5) is 16.0 Å². The molecule has 3 aromatic heterocycles. The maximum Gasteiger partial charge on any atom is 0.232 e. The van der Waals surface area contributed by atoms with Crippen molar-refractivity contribution in [2.24, 2.45) is 0 Å². The molecule has 35 heavy (non-hydrogen) atoms. The van der Waals surface area contributed by atoms with Gasteiger partial charge in [0.25, 0.3) is 0 Å². The van der Waals surface area contributed by atoms with E-state index >= 15 is 0 Å². The van der Waals surface area contributed by atoms with Crippen molar-refractivity contribution in [1.82, 2.24) is 15.0 Å². The van der Waals surface area contributed by atoms with E-state index in [0.717, 1.165) is 46.8 Å².